The van der Waals surface area contributed by atoms with E-state index in [2.05, 4.69) is 31.6 Å². The van der Waals surface area contributed by atoms with Gasteiger partial charge in [0.2, 0.25) is 0 Å². The minimum atomic E-state index is -4.74. The number of halogens is 3. The van der Waals surface area contributed by atoms with Crippen molar-refractivity contribution in [3.63, 3.8) is 0 Å². The minimum Gasteiger partial charge on any atom is -0.494 e. The molecule has 4 aliphatic heterocycles. The molecule has 20 nitrogen and oxygen atoms in total. The smallest absolute Gasteiger partial charge is 0.494 e. The maximum absolute atomic E-state index is 13.0. The maximum Gasteiger partial charge on any atom is 0.573 e. The lowest BCUT2D eigenvalue weighted by atomic mass is 9.84. The molecule has 5 aliphatic rings. The van der Waals surface area contributed by atoms with Gasteiger partial charge in [0.1, 0.15) is 58.2 Å². The Kier molecular flexibility index (Phi) is 33.3. The van der Waals surface area contributed by atoms with Crippen LogP contribution in [0.1, 0.15) is 152 Å². The van der Waals surface area contributed by atoms with Crippen LogP contribution in [0.15, 0.2) is 206 Å². The van der Waals surface area contributed by atoms with Gasteiger partial charge in [0.05, 0.1) is 121 Å². The van der Waals surface area contributed by atoms with E-state index in [1.165, 1.54) is 24.3 Å². The van der Waals surface area contributed by atoms with Gasteiger partial charge >= 0.3 is 24.3 Å². The number of rotatable bonds is 45. The van der Waals surface area contributed by atoms with E-state index in [1.807, 2.05) is 72.8 Å². The molecule has 0 N–H and O–H groups in total. The van der Waals surface area contributed by atoms with E-state index in [4.69, 9.17) is 76.3 Å². The van der Waals surface area contributed by atoms with Crippen LogP contribution in [0.5, 0.6) is 46.0 Å². The molecule has 120 heavy (non-hydrogen) atoms. The molecule has 14 rings (SSSR count). The van der Waals surface area contributed by atoms with E-state index in [9.17, 15) is 27.6 Å². The molecule has 4 heterocycles. The van der Waals surface area contributed by atoms with E-state index < -0.39 is 24.3 Å². The highest BCUT2D eigenvalue weighted by atomic mass is 19.4. The number of fused-ring (bicyclic) bond motifs is 3. The number of hydrogen-bond acceptors (Lipinski definition) is 20. The maximum atomic E-state index is 13.0. The second-order valence-electron chi connectivity index (χ2n) is 30.6. The Morgan fingerprint density at radius 1 is 0.392 bits per heavy atom. The van der Waals surface area contributed by atoms with Crippen molar-refractivity contribution in [1.29, 1.82) is 5.26 Å². The predicted molar refractivity (Wildman–Crippen MR) is 447 cm³/mol. The van der Waals surface area contributed by atoms with Gasteiger partial charge in [-0.25, -0.2) is 14.4 Å². The summed E-state index contributed by atoms with van der Waals surface area (Å²) in [6, 6.07) is 62.2. The number of unbranched alkanes of at least 4 members (excludes halogenated alkanes) is 6. The van der Waals surface area contributed by atoms with Crippen LogP contribution in [0.2, 0.25) is 0 Å². The average Bonchev–Trinajstić information content (AvgIpc) is 1.61. The van der Waals surface area contributed by atoms with E-state index in [-0.39, 0.29) is 34.7 Å². The van der Waals surface area contributed by atoms with Gasteiger partial charge in [-0.15, -0.1) is 13.2 Å². The standard InChI is InChI=1S/C42H44O10.C32H35F3O6.C23H27NO3/c1-28-39-22-33(51-41(43)29-6-10-31(11-7-29)47-20-4-2-18-45-24-35-26-49-35)14-16-37(39)38-17-15-34(23-40(28)38)52-42(44)30-8-12-32(13-9-30)48-21-5-3-19-46-25-36-27-50-36;1-2-31(22-38-23-31)21-37-19-5-3-4-6-20-39-27-13-11-26(12-14-27)30(36)40-28-15-7-24(8-16-28)25-9-17-29(18-10-25)41-32(33,34)35;1-2-23(17-26-18-23)16-25-13-3-4-14-27-22-11-9-21(10-12-22)20-7-5-19(15-24)6-8-20/h6-17,22-23,28,35-36H,2-5,18-21,24-27H2,1H3;7-18H,2-6,19-23H2,1H3;5-12H,2-4,13-14,16-18H2,1H3. The number of benzene rings is 9. The first kappa shape index (κ1) is 88.6. The number of carbonyl (C=O) groups excluding carboxylic acids is 3. The number of ether oxygens (including phenoxy) is 16. The summed E-state index contributed by atoms with van der Waals surface area (Å²) in [6.45, 7) is 19.7. The molecule has 9 aromatic rings. The lowest BCUT2D eigenvalue weighted by Crippen LogP contribution is -2.45. The molecule has 9 aromatic carbocycles. The Labute approximate surface area is 700 Å². The van der Waals surface area contributed by atoms with E-state index in [0.717, 1.165) is 188 Å². The average molecular weight is 1650 g/mol. The molecule has 0 saturated carbocycles. The second kappa shape index (κ2) is 45.1. The Hall–Kier alpha value is -10.7. The zero-order chi connectivity index (χ0) is 83.8. The van der Waals surface area contributed by atoms with Crippen molar-refractivity contribution in [2.45, 2.75) is 122 Å². The molecule has 4 fully saturated rings. The van der Waals surface area contributed by atoms with Crippen LogP contribution in [0.4, 0.5) is 13.2 Å². The summed E-state index contributed by atoms with van der Waals surface area (Å²) < 4.78 is 125. The molecule has 2 atom stereocenters. The van der Waals surface area contributed by atoms with Gasteiger partial charge in [-0.2, -0.15) is 5.26 Å². The highest BCUT2D eigenvalue weighted by Crippen LogP contribution is 2.47. The summed E-state index contributed by atoms with van der Waals surface area (Å²) in [5.74, 6) is 2.57. The Bertz CT molecular complexity index is 4550. The number of nitriles is 1. The highest BCUT2D eigenvalue weighted by Gasteiger charge is 2.38. The van der Waals surface area contributed by atoms with Crippen molar-refractivity contribution in [1.82, 2.24) is 0 Å². The fourth-order valence-corrected chi connectivity index (χ4v) is 13.4. The van der Waals surface area contributed by atoms with Crippen LogP contribution in [0.25, 0.3) is 33.4 Å². The van der Waals surface area contributed by atoms with Crippen LogP contribution in [-0.4, -0.2) is 155 Å². The number of hydrogen-bond donors (Lipinski definition) is 0. The van der Waals surface area contributed by atoms with Crippen molar-refractivity contribution >= 4 is 17.9 Å². The summed E-state index contributed by atoms with van der Waals surface area (Å²) in [4.78, 5) is 38.5. The number of carbonyl (C=O) groups is 3. The van der Waals surface area contributed by atoms with E-state index in [0.29, 0.717) is 115 Å². The summed E-state index contributed by atoms with van der Waals surface area (Å²) in [5, 5.41) is 8.87. The van der Waals surface area contributed by atoms with Crippen LogP contribution in [0.3, 0.4) is 0 Å². The quantitative estimate of drug-likeness (QED) is 0.0149. The zero-order valence-electron chi connectivity index (χ0n) is 68.4. The lowest BCUT2D eigenvalue weighted by molar-refractivity contribution is -0.274. The zero-order valence-corrected chi connectivity index (χ0v) is 68.4. The summed E-state index contributed by atoms with van der Waals surface area (Å²) in [5.41, 5.74) is 10.3. The molecule has 0 spiro atoms. The first-order chi connectivity index (χ1) is 58.5. The Balaban J connectivity index is 0.000000173. The molecule has 1 aliphatic carbocycles. The molecule has 634 valence electrons. The van der Waals surface area contributed by atoms with Gasteiger partial charge in [0.15, 0.2) is 0 Å². The number of esters is 3. The van der Waals surface area contributed by atoms with Crippen LogP contribution >= 0.6 is 0 Å². The topological polar surface area (TPSA) is 229 Å². The fourth-order valence-electron chi connectivity index (χ4n) is 13.4. The first-order valence-electron chi connectivity index (χ1n) is 41.5. The molecule has 0 bridgehead atoms. The first-order valence-corrected chi connectivity index (χ1v) is 41.5. The largest absolute Gasteiger partial charge is 0.573 e. The Morgan fingerprint density at radius 3 is 1.02 bits per heavy atom. The lowest BCUT2D eigenvalue weighted by Gasteiger charge is -2.40. The van der Waals surface area contributed by atoms with E-state index in [1.54, 1.807) is 109 Å². The molecular weight excluding hydrogens is 1540 g/mol. The summed E-state index contributed by atoms with van der Waals surface area (Å²) >= 11 is 0. The molecule has 0 aromatic heterocycles. The van der Waals surface area contributed by atoms with Gasteiger partial charge in [-0.1, -0.05) is 87.9 Å². The molecule has 0 amide bonds. The van der Waals surface area contributed by atoms with Crippen molar-refractivity contribution in [2.75, 3.05) is 119 Å². The molecule has 2 unspecified atom stereocenters. The number of epoxide rings is 2. The normalized spacial score (nSPS) is 16.0. The Morgan fingerprint density at radius 2 is 0.692 bits per heavy atom. The SMILES string of the molecule is CC1c2cc(OC(=O)c3ccc(OCCCCOCC4CO4)cc3)ccc2-c2ccc(OC(=O)c3ccc(OCCCCOCC4CO4)cc3)cc21.CCC1(COCCCCCCOc2ccc(C(=O)Oc3ccc(-c4ccc(OC(F)(F)F)cc4)cc3)cc2)COC1.CCC1(COCCCCOc2ccc(-c3ccc(C#N)cc3)cc2)COC1. The van der Waals surface area contributed by atoms with E-state index >= 15 is 0 Å². The third-order valence-electron chi connectivity index (χ3n) is 21.3. The van der Waals surface area contributed by atoms with Crippen LogP contribution in [0, 0.1) is 22.2 Å². The van der Waals surface area contributed by atoms with Crippen molar-refractivity contribution < 1.29 is 103 Å². The molecule has 4 saturated heterocycles. The second-order valence-corrected chi connectivity index (χ2v) is 30.6. The monoisotopic (exact) mass is 1650 g/mol. The van der Waals surface area contributed by atoms with Gasteiger partial charge in [0, 0.05) is 43.2 Å². The highest BCUT2D eigenvalue weighted by molar-refractivity contribution is 5.93. The van der Waals surface area contributed by atoms with Crippen molar-refractivity contribution in [3.05, 3.63) is 240 Å². The van der Waals surface area contributed by atoms with Crippen LogP contribution in [-0.2, 0) is 37.9 Å². The third-order valence-corrected chi connectivity index (χ3v) is 21.3. The summed E-state index contributed by atoms with van der Waals surface area (Å²) in [7, 11) is 0. The molecule has 23 heteroatoms. The van der Waals surface area contributed by atoms with Crippen LogP contribution < -0.4 is 37.9 Å². The van der Waals surface area contributed by atoms with Crippen molar-refractivity contribution in [3.8, 4) is 85.4 Å². The van der Waals surface area contributed by atoms with Gasteiger partial charge in [-0.3, -0.25) is 0 Å². The number of alkyl halides is 3. The van der Waals surface area contributed by atoms with Gasteiger partial charge < -0.3 is 75.8 Å². The van der Waals surface area contributed by atoms with Crippen molar-refractivity contribution in [2.24, 2.45) is 10.8 Å². The molecular formula is C97H106F3NO19. The number of nitrogens with zero attached hydrogens (tertiary/aromatic N) is 1. The fraction of sp³-hybridized carbons (Fsp3) is 0.402. The predicted octanol–water partition coefficient (Wildman–Crippen LogP) is 20.1. The van der Waals surface area contributed by atoms with Gasteiger partial charge in [0.25, 0.3) is 0 Å². The summed E-state index contributed by atoms with van der Waals surface area (Å²) in [6.07, 6.45) is 7.75. The molecule has 0 radical (unpaired) electrons. The third kappa shape index (κ3) is 28.0. The van der Waals surface area contributed by atoms with Gasteiger partial charge in [-0.05, 0) is 261 Å². The minimum absolute atomic E-state index is 0.00715.